The average Bonchev–Trinajstić information content (AvgIpc) is 2.14. The Bertz CT molecular complexity index is 154. The van der Waals surface area contributed by atoms with E-state index in [4.69, 9.17) is 4.74 Å². The van der Waals surface area contributed by atoms with Gasteiger partial charge in [0.05, 0.1) is 5.60 Å². The average molecular weight is 199 g/mol. The molecule has 14 heavy (non-hydrogen) atoms. The number of nitrogens with one attached hydrogen (secondary N) is 1. The second kappa shape index (κ2) is 7.02. The van der Waals surface area contributed by atoms with E-state index in [-0.39, 0.29) is 5.60 Å². The number of rotatable bonds is 8. The fourth-order valence-corrected chi connectivity index (χ4v) is 1.47. The van der Waals surface area contributed by atoms with E-state index in [1.807, 2.05) is 6.08 Å². The van der Waals surface area contributed by atoms with Crippen LogP contribution in [0.4, 0.5) is 0 Å². The van der Waals surface area contributed by atoms with Gasteiger partial charge in [-0.15, -0.1) is 6.58 Å². The van der Waals surface area contributed by atoms with Crippen LogP contribution in [0, 0.1) is 0 Å². The van der Waals surface area contributed by atoms with E-state index in [1.54, 1.807) is 7.11 Å². The van der Waals surface area contributed by atoms with Crippen molar-refractivity contribution in [1.82, 2.24) is 5.32 Å². The lowest BCUT2D eigenvalue weighted by molar-refractivity contribution is 0.00736. The van der Waals surface area contributed by atoms with Gasteiger partial charge in [0.25, 0.3) is 0 Å². The molecule has 1 N–H and O–H groups in total. The largest absolute Gasteiger partial charge is 0.379 e. The summed E-state index contributed by atoms with van der Waals surface area (Å²) in [5.41, 5.74) is -0.0472. The maximum absolute atomic E-state index is 5.42. The number of ether oxygens (including phenoxy) is 1. The van der Waals surface area contributed by atoms with E-state index in [0.717, 1.165) is 19.4 Å². The minimum Gasteiger partial charge on any atom is -0.379 e. The van der Waals surface area contributed by atoms with Gasteiger partial charge >= 0.3 is 0 Å². The highest BCUT2D eigenvalue weighted by atomic mass is 16.5. The molecule has 0 aliphatic heterocycles. The maximum Gasteiger partial charge on any atom is 0.0637 e. The summed E-state index contributed by atoms with van der Waals surface area (Å²) < 4.78 is 5.42. The lowest BCUT2D eigenvalue weighted by Gasteiger charge is -2.28. The third kappa shape index (κ3) is 6.17. The Labute approximate surface area is 88.7 Å². The van der Waals surface area contributed by atoms with Crippen LogP contribution in [0.25, 0.3) is 0 Å². The van der Waals surface area contributed by atoms with Gasteiger partial charge in [0.2, 0.25) is 0 Å². The van der Waals surface area contributed by atoms with Crippen LogP contribution in [0.1, 0.15) is 40.0 Å². The van der Waals surface area contributed by atoms with Crippen molar-refractivity contribution in [3.8, 4) is 0 Å². The molecule has 2 heteroatoms. The molecule has 0 aromatic rings. The minimum absolute atomic E-state index is 0.0472. The third-order valence-electron chi connectivity index (χ3n) is 2.42. The van der Waals surface area contributed by atoms with Crippen LogP contribution < -0.4 is 5.32 Å². The molecule has 0 amide bonds. The molecule has 84 valence electrons. The Balaban J connectivity index is 4.00. The summed E-state index contributed by atoms with van der Waals surface area (Å²) in [6.07, 6.45) is 5.17. The summed E-state index contributed by atoms with van der Waals surface area (Å²) in [6.45, 7) is 11.3. The highest BCUT2D eigenvalue weighted by Crippen LogP contribution is 2.17. The van der Waals surface area contributed by atoms with Gasteiger partial charge in [-0.25, -0.2) is 0 Å². The van der Waals surface area contributed by atoms with Crippen LogP contribution in [0.5, 0.6) is 0 Å². The van der Waals surface area contributed by atoms with Gasteiger partial charge in [-0.3, -0.25) is 0 Å². The van der Waals surface area contributed by atoms with Crippen molar-refractivity contribution in [2.24, 2.45) is 0 Å². The normalized spacial score (nSPS) is 14.0. The van der Waals surface area contributed by atoms with Crippen LogP contribution in [0.15, 0.2) is 12.7 Å². The highest BCUT2D eigenvalue weighted by Gasteiger charge is 2.21. The second-order valence-corrected chi connectivity index (χ2v) is 4.34. The van der Waals surface area contributed by atoms with Crippen LogP contribution in [0.3, 0.4) is 0 Å². The summed E-state index contributed by atoms with van der Waals surface area (Å²) in [5, 5.41) is 3.51. The van der Waals surface area contributed by atoms with E-state index in [0.29, 0.717) is 6.04 Å². The summed E-state index contributed by atoms with van der Waals surface area (Å²) in [5.74, 6) is 0. The first kappa shape index (κ1) is 13.7. The molecule has 0 saturated carbocycles. The molecule has 1 unspecified atom stereocenters. The van der Waals surface area contributed by atoms with E-state index in [9.17, 15) is 0 Å². The quantitative estimate of drug-likeness (QED) is 0.607. The van der Waals surface area contributed by atoms with E-state index in [2.05, 4.69) is 32.7 Å². The van der Waals surface area contributed by atoms with E-state index < -0.39 is 0 Å². The molecule has 0 radical (unpaired) electrons. The van der Waals surface area contributed by atoms with E-state index >= 15 is 0 Å². The van der Waals surface area contributed by atoms with Crippen molar-refractivity contribution < 1.29 is 4.74 Å². The molecule has 0 bridgehead atoms. The second-order valence-electron chi connectivity index (χ2n) is 4.34. The fraction of sp³-hybridized carbons (Fsp3) is 0.833. The molecule has 0 saturated heterocycles. The highest BCUT2D eigenvalue weighted by molar-refractivity contribution is 4.83. The zero-order valence-electron chi connectivity index (χ0n) is 10.1. The Morgan fingerprint density at radius 3 is 2.57 bits per heavy atom. The summed E-state index contributed by atoms with van der Waals surface area (Å²) >= 11 is 0. The van der Waals surface area contributed by atoms with E-state index in [1.165, 1.54) is 6.42 Å². The Morgan fingerprint density at radius 1 is 1.50 bits per heavy atom. The maximum atomic E-state index is 5.42. The van der Waals surface area contributed by atoms with Crippen LogP contribution in [-0.2, 0) is 4.74 Å². The first-order valence-corrected chi connectivity index (χ1v) is 5.45. The molecule has 1 atom stereocenters. The van der Waals surface area contributed by atoms with Crippen molar-refractivity contribution in [2.45, 2.75) is 51.7 Å². The fourth-order valence-electron chi connectivity index (χ4n) is 1.47. The molecule has 0 aliphatic rings. The van der Waals surface area contributed by atoms with Gasteiger partial charge in [0.15, 0.2) is 0 Å². The monoisotopic (exact) mass is 199 g/mol. The third-order valence-corrected chi connectivity index (χ3v) is 2.42. The Morgan fingerprint density at radius 2 is 2.14 bits per heavy atom. The molecule has 0 fully saturated rings. The van der Waals surface area contributed by atoms with Gasteiger partial charge in [0.1, 0.15) is 0 Å². The van der Waals surface area contributed by atoms with Gasteiger partial charge in [-0.2, -0.15) is 0 Å². The SMILES string of the molecule is C=CCC(CC(C)(C)OC)NCCC. The molecule has 0 aliphatic carbocycles. The topological polar surface area (TPSA) is 21.3 Å². The molecular weight excluding hydrogens is 174 g/mol. The van der Waals surface area contributed by atoms with Crippen LogP contribution in [-0.4, -0.2) is 25.3 Å². The standard InChI is InChI=1S/C12H25NO/c1-6-8-11(13-9-7-2)10-12(3,4)14-5/h6,11,13H,1,7-10H2,2-5H3. The zero-order valence-corrected chi connectivity index (χ0v) is 10.1. The van der Waals surface area contributed by atoms with Crippen molar-refractivity contribution in [3.63, 3.8) is 0 Å². The Hall–Kier alpha value is -0.340. The van der Waals surface area contributed by atoms with Crippen LogP contribution in [0.2, 0.25) is 0 Å². The molecule has 0 rings (SSSR count). The predicted octanol–water partition coefficient (Wildman–Crippen LogP) is 2.75. The van der Waals surface area contributed by atoms with Crippen molar-refractivity contribution in [3.05, 3.63) is 12.7 Å². The summed E-state index contributed by atoms with van der Waals surface area (Å²) in [7, 11) is 1.77. The first-order valence-electron chi connectivity index (χ1n) is 5.45. The summed E-state index contributed by atoms with van der Waals surface area (Å²) in [4.78, 5) is 0. The molecule has 2 nitrogen and oxygen atoms in total. The zero-order chi connectivity index (χ0) is 11.0. The lowest BCUT2D eigenvalue weighted by Crippen LogP contribution is -2.37. The summed E-state index contributed by atoms with van der Waals surface area (Å²) in [6, 6.07) is 0.488. The number of hydrogen-bond donors (Lipinski definition) is 1. The van der Waals surface area contributed by atoms with Gasteiger partial charge in [-0.05, 0) is 39.7 Å². The van der Waals surface area contributed by atoms with Crippen LogP contribution >= 0.6 is 0 Å². The minimum atomic E-state index is -0.0472. The first-order chi connectivity index (χ1) is 6.55. The molecule has 0 spiro atoms. The van der Waals surface area contributed by atoms with Gasteiger partial charge in [-0.1, -0.05) is 13.0 Å². The van der Waals surface area contributed by atoms with Gasteiger partial charge in [0, 0.05) is 13.2 Å². The number of methoxy groups -OCH3 is 1. The van der Waals surface area contributed by atoms with Crippen molar-refractivity contribution in [1.29, 1.82) is 0 Å². The Kier molecular flexibility index (Phi) is 6.85. The molecule has 0 aromatic heterocycles. The predicted molar refractivity (Wildman–Crippen MR) is 62.6 cm³/mol. The molecular formula is C12H25NO. The van der Waals surface area contributed by atoms with Crippen molar-refractivity contribution >= 4 is 0 Å². The molecule has 0 aromatic carbocycles. The smallest absolute Gasteiger partial charge is 0.0637 e. The lowest BCUT2D eigenvalue weighted by atomic mass is 9.96. The molecule has 0 heterocycles. The number of hydrogen-bond acceptors (Lipinski definition) is 2. The van der Waals surface area contributed by atoms with Crippen molar-refractivity contribution in [2.75, 3.05) is 13.7 Å². The van der Waals surface area contributed by atoms with Gasteiger partial charge < -0.3 is 10.1 Å².